The molecule has 0 bridgehead atoms. The van der Waals surface area contributed by atoms with Gasteiger partial charge in [-0.15, -0.1) is 0 Å². The molecule has 0 spiro atoms. The SMILES string of the molecule is C[C@@H]1CNC[C@@H](C)N1C=O. The summed E-state index contributed by atoms with van der Waals surface area (Å²) in [5.74, 6) is 0. The monoisotopic (exact) mass is 142 g/mol. The fraction of sp³-hybridized carbons (Fsp3) is 0.857. The Kier molecular flexibility index (Phi) is 2.27. The number of hydrogen-bond donors (Lipinski definition) is 1. The average Bonchev–Trinajstić information content (AvgIpc) is 1.88. The zero-order valence-electron chi connectivity index (χ0n) is 6.50. The molecule has 1 saturated heterocycles. The number of nitrogens with zero attached hydrogens (tertiary/aromatic N) is 1. The first-order valence-electron chi connectivity index (χ1n) is 3.69. The van der Waals surface area contributed by atoms with E-state index < -0.39 is 0 Å². The summed E-state index contributed by atoms with van der Waals surface area (Å²) in [6.07, 6.45) is 0.941. The van der Waals surface area contributed by atoms with Crippen LogP contribution in [0.2, 0.25) is 0 Å². The van der Waals surface area contributed by atoms with Gasteiger partial charge in [-0.05, 0) is 13.8 Å². The summed E-state index contributed by atoms with van der Waals surface area (Å²) in [7, 11) is 0. The number of piperazine rings is 1. The van der Waals surface area contributed by atoms with Crippen LogP contribution in [-0.4, -0.2) is 36.5 Å². The Bertz CT molecular complexity index is 117. The van der Waals surface area contributed by atoms with E-state index in [-0.39, 0.29) is 0 Å². The third-order valence-electron chi connectivity index (χ3n) is 2.02. The Morgan fingerprint density at radius 2 is 1.90 bits per heavy atom. The highest BCUT2D eigenvalue weighted by molar-refractivity contribution is 5.48. The van der Waals surface area contributed by atoms with E-state index in [1.54, 1.807) is 0 Å². The van der Waals surface area contributed by atoms with Crippen LogP contribution in [0.5, 0.6) is 0 Å². The number of rotatable bonds is 1. The quantitative estimate of drug-likeness (QED) is 0.515. The molecule has 10 heavy (non-hydrogen) atoms. The van der Waals surface area contributed by atoms with Crippen molar-refractivity contribution in [2.24, 2.45) is 0 Å². The van der Waals surface area contributed by atoms with Gasteiger partial charge in [-0.2, -0.15) is 0 Å². The van der Waals surface area contributed by atoms with Crippen molar-refractivity contribution >= 4 is 6.41 Å². The van der Waals surface area contributed by atoms with Gasteiger partial charge in [-0.3, -0.25) is 4.79 Å². The van der Waals surface area contributed by atoms with E-state index >= 15 is 0 Å². The zero-order valence-corrected chi connectivity index (χ0v) is 6.50. The summed E-state index contributed by atoms with van der Waals surface area (Å²) >= 11 is 0. The summed E-state index contributed by atoms with van der Waals surface area (Å²) in [4.78, 5) is 12.3. The molecule has 0 saturated carbocycles. The molecular formula is C7H14N2O. The van der Waals surface area contributed by atoms with Gasteiger partial charge in [0.15, 0.2) is 0 Å². The number of nitrogens with one attached hydrogen (secondary N) is 1. The minimum Gasteiger partial charge on any atom is -0.337 e. The van der Waals surface area contributed by atoms with Gasteiger partial charge in [0.05, 0.1) is 0 Å². The largest absolute Gasteiger partial charge is 0.337 e. The highest BCUT2D eigenvalue weighted by Crippen LogP contribution is 2.05. The maximum atomic E-state index is 10.5. The second kappa shape index (κ2) is 3.01. The van der Waals surface area contributed by atoms with Crippen molar-refractivity contribution in [3.63, 3.8) is 0 Å². The van der Waals surface area contributed by atoms with E-state index in [9.17, 15) is 4.79 Å². The standard InChI is InChI=1S/C7H14N2O/c1-6-3-8-4-7(2)9(6)5-10/h5-8H,3-4H2,1-2H3/t6-,7-/m1/s1. The van der Waals surface area contributed by atoms with Crippen molar-refractivity contribution in [3.05, 3.63) is 0 Å². The van der Waals surface area contributed by atoms with Crippen LogP contribution in [0.4, 0.5) is 0 Å². The highest BCUT2D eigenvalue weighted by atomic mass is 16.1. The van der Waals surface area contributed by atoms with Crippen LogP contribution in [0, 0.1) is 0 Å². The predicted octanol–water partition coefficient (Wildman–Crippen LogP) is -0.175. The van der Waals surface area contributed by atoms with Gasteiger partial charge in [-0.25, -0.2) is 0 Å². The second-order valence-corrected chi connectivity index (χ2v) is 2.91. The molecule has 0 aromatic heterocycles. The molecule has 0 aromatic rings. The molecule has 0 radical (unpaired) electrons. The molecule has 1 N–H and O–H groups in total. The summed E-state index contributed by atoms with van der Waals surface area (Å²) in [5, 5.41) is 3.25. The van der Waals surface area contributed by atoms with Crippen LogP contribution in [-0.2, 0) is 4.79 Å². The van der Waals surface area contributed by atoms with Gasteiger partial charge in [0, 0.05) is 25.2 Å². The molecule has 0 aliphatic carbocycles. The molecule has 1 fully saturated rings. The fourth-order valence-corrected chi connectivity index (χ4v) is 1.35. The van der Waals surface area contributed by atoms with Crippen molar-refractivity contribution in [2.75, 3.05) is 13.1 Å². The lowest BCUT2D eigenvalue weighted by molar-refractivity contribution is -0.122. The molecule has 0 unspecified atom stereocenters. The normalized spacial score (nSPS) is 34.0. The maximum Gasteiger partial charge on any atom is 0.210 e. The third kappa shape index (κ3) is 1.29. The Balaban J connectivity index is 2.53. The topological polar surface area (TPSA) is 32.3 Å². The van der Waals surface area contributed by atoms with E-state index in [1.165, 1.54) is 0 Å². The lowest BCUT2D eigenvalue weighted by atomic mass is 10.1. The van der Waals surface area contributed by atoms with Gasteiger partial charge in [0.1, 0.15) is 0 Å². The average molecular weight is 142 g/mol. The van der Waals surface area contributed by atoms with Crippen molar-refractivity contribution in [1.29, 1.82) is 0 Å². The molecule has 0 aromatic carbocycles. The summed E-state index contributed by atoms with van der Waals surface area (Å²) in [6.45, 7) is 5.94. The maximum absolute atomic E-state index is 10.5. The lowest BCUT2D eigenvalue weighted by Gasteiger charge is -2.36. The van der Waals surface area contributed by atoms with E-state index in [2.05, 4.69) is 19.2 Å². The minimum atomic E-state index is 0.348. The predicted molar refractivity (Wildman–Crippen MR) is 39.7 cm³/mol. The molecule has 1 rings (SSSR count). The van der Waals surface area contributed by atoms with Crippen LogP contribution in [0.3, 0.4) is 0 Å². The van der Waals surface area contributed by atoms with Crippen molar-refractivity contribution in [2.45, 2.75) is 25.9 Å². The number of amides is 1. The van der Waals surface area contributed by atoms with Crippen LogP contribution in [0.25, 0.3) is 0 Å². The van der Waals surface area contributed by atoms with Gasteiger partial charge >= 0.3 is 0 Å². The number of carbonyl (C=O) groups excluding carboxylic acids is 1. The first kappa shape index (κ1) is 7.54. The number of carbonyl (C=O) groups is 1. The molecule has 3 nitrogen and oxygen atoms in total. The van der Waals surface area contributed by atoms with Crippen molar-refractivity contribution in [3.8, 4) is 0 Å². The summed E-state index contributed by atoms with van der Waals surface area (Å²) < 4.78 is 0. The van der Waals surface area contributed by atoms with Gasteiger partial charge in [-0.1, -0.05) is 0 Å². The van der Waals surface area contributed by atoms with Crippen LogP contribution in [0.1, 0.15) is 13.8 Å². The molecular weight excluding hydrogens is 128 g/mol. The molecule has 2 atom stereocenters. The Morgan fingerprint density at radius 1 is 1.40 bits per heavy atom. The highest BCUT2D eigenvalue weighted by Gasteiger charge is 2.21. The summed E-state index contributed by atoms with van der Waals surface area (Å²) in [6, 6.07) is 0.697. The minimum absolute atomic E-state index is 0.348. The molecule has 58 valence electrons. The van der Waals surface area contributed by atoms with E-state index in [1.807, 2.05) is 4.90 Å². The Morgan fingerprint density at radius 3 is 2.20 bits per heavy atom. The smallest absolute Gasteiger partial charge is 0.210 e. The second-order valence-electron chi connectivity index (χ2n) is 2.91. The fourth-order valence-electron chi connectivity index (χ4n) is 1.35. The first-order valence-corrected chi connectivity index (χ1v) is 3.69. The van der Waals surface area contributed by atoms with E-state index in [4.69, 9.17) is 0 Å². The summed E-state index contributed by atoms with van der Waals surface area (Å²) in [5.41, 5.74) is 0. The van der Waals surface area contributed by atoms with Gasteiger partial charge in [0.2, 0.25) is 6.41 Å². The molecule has 1 heterocycles. The van der Waals surface area contributed by atoms with E-state index in [0.29, 0.717) is 12.1 Å². The Labute approximate surface area is 61.4 Å². The lowest BCUT2D eigenvalue weighted by Crippen LogP contribution is -2.54. The van der Waals surface area contributed by atoms with E-state index in [0.717, 1.165) is 19.5 Å². The zero-order chi connectivity index (χ0) is 7.56. The van der Waals surface area contributed by atoms with Crippen molar-refractivity contribution < 1.29 is 4.79 Å². The van der Waals surface area contributed by atoms with Crippen LogP contribution >= 0.6 is 0 Å². The Hall–Kier alpha value is -0.570. The molecule has 3 heteroatoms. The van der Waals surface area contributed by atoms with Crippen LogP contribution in [0.15, 0.2) is 0 Å². The molecule has 1 aliphatic heterocycles. The third-order valence-corrected chi connectivity index (χ3v) is 2.02. The van der Waals surface area contributed by atoms with Crippen LogP contribution < -0.4 is 5.32 Å². The number of hydrogen-bond acceptors (Lipinski definition) is 2. The van der Waals surface area contributed by atoms with Gasteiger partial charge < -0.3 is 10.2 Å². The molecule has 1 aliphatic rings. The van der Waals surface area contributed by atoms with Gasteiger partial charge in [0.25, 0.3) is 0 Å². The van der Waals surface area contributed by atoms with Crippen molar-refractivity contribution in [1.82, 2.24) is 10.2 Å². The molecule has 1 amide bonds. The first-order chi connectivity index (χ1) is 4.75.